The quantitative estimate of drug-likeness (QED) is 0.0245. The molecule has 0 aromatic heterocycles. The molecule has 36 heteroatoms. The maximum Gasteiger partial charge on any atom is 0.311 e. The third-order valence-electron chi connectivity index (χ3n) is 9.87. The highest BCUT2D eigenvalue weighted by Gasteiger charge is 2.26. The van der Waals surface area contributed by atoms with Crippen LogP contribution in [0.15, 0.2) is 84.9 Å². The Bertz CT molecular complexity index is 2740. The lowest BCUT2D eigenvalue weighted by Crippen LogP contribution is -2.30. The van der Waals surface area contributed by atoms with Gasteiger partial charge in [-0.3, -0.25) is 54.7 Å². The lowest BCUT2D eigenvalue weighted by Gasteiger charge is -2.24. The van der Waals surface area contributed by atoms with E-state index >= 15 is 0 Å². The molecule has 4 aromatic carbocycles. The minimum absolute atomic E-state index is 0. The molecule has 3 fully saturated rings. The van der Waals surface area contributed by atoms with E-state index in [2.05, 4.69) is 42.3 Å². The zero-order chi connectivity index (χ0) is 59.4. The first kappa shape index (κ1) is 75.8. The van der Waals surface area contributed by atoms with Crippen molar-refractivity contribution >= 4 is 150 Å². The number of hydrogen-bond acceptors (Lipinski definition) is 15. The van der Waals surface area contributed by atoms with Crippen LogP contribution in [0.25, 0.3) is 0 Å². The van der Waals surface area contributed by atoms with Crippen LogP contribution in [0.3, 0.4) is 0 Å². The number of nitro benzene ring substituents is 2. The summed E-state index contributed by atoms with van der Waals surface area (Å²) < 4.78 is 21.6. The van der Waals surface area contributed by atoms with Gasteiger partial charge in [0.05, 0.1) is 9.85 Å². The SMILES string of the molecule is CN(C)C(=O)c1ccc(Oc2cc(CCl)ccc2[N+](=O)[O-])cc1.CN(C)C(=O)c1ccc(Oc2cc(CSP3(=O)NCCCN3)ccc2[N+](=O)[O-])cc1.NCCCN.O.OP1(=S)NCCCN1.S=P(Cl)(Cl)Cl.S=P1(Cl)NCCCN1. The predicted molar refractivity (Wildman–Crippen MR) is 340 cm³/mol. The van der Waals surface area contributed by atoms with Gasteiger partial charge in [-0.1, -0.05) is 68.5 Å². The van der Waals surface area contributed by atoms with E-state index in [1.54, 1.807) is 94.9 Å². The van der Waals surface area contributed by atoms with E-state index in [-0.39, 0.29) is 46.0 Å². The van der Waals surface area contributed by atoms with E-state index in [4.69, 9.17) is 106 Å². The van der Waals surface area contributed by atoms with Crippen LogP contribution in [0.1, 0.15) is 57.5 Å². The standard InChI is InChI=1S/C19H23N4O5PS.C16H15ClN2O4.C3H8ClN2PS.C3H9N2OPS.C3H10N2.Cl3PS.H2O/c1-22(2)19(24)15-5-7-16(8-6-15)28-18-12-14(4-9-17(18)23(25)26)13-30-29(27)20-10-3-11-21-29;1-18(2)16(20)12-4-6-13(7-5-12)23-15-9-11(10-17)3-8-14(15)19(21)22;4-7(8)5-2-1-3-6-7;6-7(8)4-2-1-3-5-7;4-2-1-3-5;1-4(2,3)5;/h4-9,12H,3,10-11,13H2,1-2H3,(H2,20,21,27);3-9H,10H2,1-2H3;1-3H2,(H2,5,6,8);1-3H2,(H3,4,5,6,8);1-5H2;;1H2. The van der Waals surface area contributed by atoms with Crippen molar-refractivity contribution in [3.05, 3.63) is 127 Å². The van der Waals surface area contributed by atoms with Crippen LogP contribution in [0, 0.1) is 20.2 Å². The van der Waals surface area contributed by atoms with Gasteiger partial charge in [-0.15, -0.1) is 11.6 Å². The molecule has 23 nitrogen and oxygen atoms in total. The van der Waals surface area contributed by atoms with Crippen LogP contribution in [0.4, 0.5) is 11.4 Å². The van der Waals surface area contributed by atoms with E-state index in [1.807, 2.05) is 0 Å². The van der Waals surface area contributed by atoms with E-state index in [1.165, 1.54) is 39.4 Å². The molecule has 448 valence electrons. The van der Waals surface area contributed by atoms with Crippen LogP contribution in [0.5, 0.6) is 23.0 Å². The molecule has 0 bridgehead atoms. The van der Waals surface area contributed by atoms with Crippen LogP contribution >= 0.6 is 90.9 Å². The van der Waals surface area contributed by atoms with Crippen LogP contribution in [-0.2, 0) is 51.6 Å². The van der Waals surface area contributed by atoms with Crippen molar-refractivity contribution in [3.63, 3.8) is 0 Å². The van der Waals surface area contributed by atoms with Gasteiger partial charge in [0, 0.05) is 102 Å². The zero-order valence-electron chi connectivity index (χ0n) is 43.9. The van der Waals surface area contributed by atoms with Gasteiger partial charge >= 0.3 is 11.4 Å². The van der Waals surface area contributed by atoms with Gasteiger partial charge in [-0.2, -0.15) is 0 Å². The van der Waals surface area contributed by atoms with E-state index in [9.17, 15) is 34.4 Å². The van der Waals surface area contributed by atoms with Crippen LogP contribution in [0.2, 0.25) is 0 Å². The Morgan fingerprint density at radius 1 is 0.688 bits per heavy atom. The summed E-state index contributed by atoms with van der Waals surface area (Å²) in [5.74, 6) is 1.33. The van der Waals surface area contributed by atoms with Gasteiger partial charge in [0.1, 0.15) is 11.5 Å². The molecule has 0 atom stereocenters. The molecule has 3 saturated heterocycles. The van der Waals surface area contributed by atoms with Crippen molar-refractivity contribution in [1.82, 2.24) is 40.3 Å². The number of nitrogens with zero attached hydrogens (tertiary/aromatic N) is 4. The Kier molecular flexibility index (Phi) is 36.7. The Morgan fingerprint density at radius 3 is 1.32 bits per heavy atom. The zero-order valence-corrected chi connectivity index (χ0v) is 54.5. The first-order valence-corrected chi connectivity index (χ1v) is 39.4. The topological polar surface area (TPSA) is 338 Å². The molecule has 0 spiro atoms. The first-order chi connectivity index (χ1) is 37.0. The smallest absolute Gasteiger partial charge is 0.311 e. The molecule has 4 aromatic rings. The summed E-state index contributed by atoms with van der Waals surface area (Å²) in [7, 11) is 6.64. The maximum absolute atomic E-state index is 12.7. The third-order valence-corrected chi connectivity index (χ3v) is 19.4. The molecule has 3 aliphatic rings. The lowest BCUT2D eigenvalue weighted by atomic mass is 10.2. The maximum atomic E-state index is 12.7. The van der Waals surface area contributed by atoms with Crippen molar-refractivity contribution in [2.75, 3.05) is 80.5 Å². The number of halogens is 5. The Morgan fingerprint density at radius 2 is 1.04 bits per heavy atom. The second-order valence-corrected chi connectivity index (χ2v) is 40.7. The minimum Gasteiger partial charge on any atom is -0.450 e. The number of hydrogen-bond donors (Lipinski definition) is 9. The summed E-state index contributed by atoms with van der Waals surface area (Å²) >= 11 is 41.7. The number of nitro groups is 2. The minimum atomic E-state index is -2.71. The molecule has 3 aliphatic heterocycles. The van der Waals surface area contributed by atoms with Crippen LogP contribution in [-0.4, -0.2) is 122 Å². The predicted octanol–water partition coefficient (Wildman–Crippen LogP) is 10.1. The van der Waals surface area contributed by atoms with E-state index in [0.717, 1.165) is 70.5 Å². The molecular weight excluding hydrogens is 1300 g/mol. The lowest BCUT2D eigenvalue weighted by molar-refractivity contribution is -0.385. The molecule has 0 saturated carbocycles. The largest absolute Gasteiger partial charge is 0.450 e. The van der Waals surface area contributed by atoms with Gasteiger partial charge in [-0.25, -0.2) is 10.2 Å². The van der Waals surface area contributed by atoms with Gasteiger partial charge in [-0.05, 0) is 146 Å². The third kappa shape index (κ3) is 31.6. The molecule has 0 aliphatic carbocycles. The summed E-state index contributed by atoms with van der Waals surface area (Å²) in [4.78, 5) is 57.3. The molecule has 7 rings (SSSR count). The van der Waals surface area contributed by atoms with Gasteiger partial charge in [0.25, 0.3) is 18.5 Å². The van der Waals surface area contributed by atoms with Crippen molar-refractivity contribution in [1.29, 1.82) is 0 Å². The fourth-order valence-electron chi connectivity index (χ4n) is 6.02. The monoisotopic (exact) mass is 1370 g/mol. The summed E-state index contributed by atoms with van der Waals surface area (Å²) in [5, 5.41) is 40.2. The summed E-state index contributed by atoms with van der Waals surface area (Å²) in [6, 6.07) is 21.9. The number of amides is 2. The van der Waals surface area contributed by atoms with Gasteiger partial charge in [0.2, 0.25) is 15.6 Å². The number of ether oxygens (including phenoxy) is 2. The summed E-state index contributed by atoms with van der Waals surface area (Å²) in [5.41, 5.74) is 10.5. The Labute approximate surface area is 509 Å². The van der Waals surface area contributed by atoms with Crippen molar-refractivity contribution in [2.24, 2.45) is 11.5 Å². The highest BCUT2D eigenvalue weighted by Crippen LogP contribution is 2.62. The average molecular weight is 1370 g/mol. The van der Waals surface area contributed by atoms with Crippen LogP contribution < -0.4 is 51.5 Å². The molecule has 13 N–H and O–H groups in total. The van der Waals surface area contributed by atoms with Crippen molar-refractivity contribution < 1.29 is 43.8 Å². The fraction of sp³-hybridized carbons (Fsp3) is 0.409. The van der Waals surface area contributed by atoms with E-state index < -0.39 is 32.8 Å². The fourth-order valence-corrected chi connectivity index (χ4v) is 13.6. The number of rotatable bonds is 14. The Hall–Kier alpha value is -2.20. The molecule has 80 heavy (non-hydrogen) atoms. The second-order valence-electron chi connectivity index (χ2n) is 16.7. The molecular formula is C44H67Cl5N12O11P4S4. The van der Waals surface area contributed by atoms with E-state index in [0.29, 0.717) is 47.0 Å². The average Bonchev–Trinajstić information content (AvgIpc) is 3.38. The number of benzene rings is 4. The first-order valence-electron chi connectivity index (χ1n) is 23.6. The highest BCUT2D eigenvalue weighted by molar-refractivity contribution is 8.56. The molecule has 0 radical (unpaired) electrons. The Balaban J connectivity index is 0.000000556. The molecule has 3 heterocycles. The normalized spacial score (nSPS) is 15.5. The summed E-state index contributed by atoms with van der Waals surface area (Å²) in [6.45, 7) is 1.49. The molecule has 0 unspecified atom stereocenters. The number of alkyl halides is 1. The number of carbonyl (C=O) groups excluding carboxylic acids is 2. The molecule has 2 amide bonds. The van der Waals surface area contributed by atoms with Crippen molar-refractivity contribution in [2.45, 2.75) is 37.3 Å². The van der Waals surface area contributed by atoms with Gasteiger partial charge in [0.15, 0.2) is 12.3 Å². The highest BCUT2D eigenvalue weighted by atomic mass is 36.1. The number of carbonyl (C=O) groups is 2. The number of nitrogens with two attached hydrogens (primary N) is 2. The number of nitrogens with one attached hydrogen (secondary N) is 6. The summed E-state index contributed by atoms with van der Waals surface area (Å²) in [6.07, 6.45) is 4.04. The van der Waals surface area contributed by atoms with Gasteiger partial charge < -0.3 is 41.1 Å². The second kappa shape index (κ2) is 38.7. The van der Waals surface area contributed by atoms with Crippen molar-refractivity contribution in [3.8, 4) is 23.0 Å².